The first kappa shape index (κ1) is 22.5. The average molecular weight is 401 g/mol. The molecule has 0 bridgehead atoms. The van der Waals surface area contributed by atoms with Gasteiger partial charge in [-0.2, -0.15) is 0 Å². The van der Waals surface area contributed by atoms with E-state index in [1.807, 2.05) is 39.8 Å². The first-order valence-corrected chi connectivity index (χ1v) is 10.2. The van der Waals surface area contributed by atoms with E-state index in [1.54, 1.807) is 6.92 Å². The van der Waals surface area contributed by atoms with E-state index in [2.05, 4.69) is 29.4 Å². The molecule has 1 heterocycles. The highest BCUT2D eigenvalue weighted by molar-refractivity contribution is 5.99. The summed E-state index contributed by atoms with van der Waals surface area (Å²) in [6.45, 7) is 11.8. The van der Waals surface area contributed by atoms with Crippen LogP contribution >= 0.6 is 0 Å². The van der Waals surface area contributed by atoms with Crippen molar-refractivity contribution in [3.05, 3.63) is 52.3 Å². The molecule has 2 rings (SSSR count). The third-order valence-electron chi connectivity index (χ3n) is 4.45. The Morgan fingerprint density at radius 2 is 1.66 bits per heavy atom. The second-order valence-corrected chi connectivity index (χ2v) is 7.81. The van der Waals surface area contributed by atoms with Crippen LogP contribution in [0.15, 0.2) is 24.3 Å². The van der Waals surface area contributed by atoms with Crippen molar-refractivity contribution in [2.75, 3.05) is 11.9 Å². The van der Waals surface area contributed by atoms with E-state index < -0.39 is 17.5 Å². The number of nitrogens with one attached hydrogen (secondary N) is 2. The lowest BCUT2D eigenvalue weighted by atomic mass is 10.1. The number of anilines is 1. The van der Waals surface area contributed by atoms with Gasteiger partial charge in [-0.3, -0.25) is 0 Å². The van der Waals surface area contributed by atoms with E-state index in [0.29, 0.717) is 35.5 Å². The summed E-state index contributed by atoms with van der Waals surface area (Å²) in [7, 11) is 0. The second kappa shape index (κ2) is 9.63. The van der Waals surface area contributed by atoms with Crippen molar-refractivity contribution in [1.82, 2.24) is 4.98 Å². The number of hydrogen-bond acceptors (Lipinski definition) is 5. The van der Waals surface area contributed by atoms with Crippen LogP contribution in [0, 0.1) is 0 Å². The maximum atomic E-state index is 12.7. The molecule has 0 unspecified atom stereocenters. The van der Waals surface area contributed by atoms with Crippen LogP contribution in [-0.2, 0) is 28.9 Å². The maximum Gasteiger partial charge on any atom is 0.355 e. The van der Waals surface area contributed by atoms with Gasteiger partial charge in [-0.25, -0.2) is 9.59 Å². The zero-order chi connectivity index (χ0) is 21.6. The Labute approximate surface area is 173 Å². The maximum absolute atomic E-state index is 12.7. The van der Waals surface area contributed by atoms with E-state index in [0.717, 1.165) is 12.1 Å². The topological polar surface area (TPSA) is 80.4 Å². The molecule has 2 N–H and O–H groups in total. The van der Waals surface area contributed by atoms with E-state index in [-0.39, 0.29) is 6.61 Å². The number of aromatic amines is 1. The highest BCUT2D eigenvalue weighted by Gasteiger charge is 2.29. The minimum absolute atomic E-state index is 0.264. The lowest BCUT2D eigenvalue weighted by Gasteiger charge is -2.19. The number of ether oxygens (including phenoxy) is 2. The van der Waals surface area contributed by atoms with Gasteiger partial charge in [0.1, 0.15) is 11.3 Å². The number of hydrogen-bond donors (Lipinski definition) is 2. The van der Waals surface area contributed by atoms with Crippen LogP contribution < -0.4 is 5.32 Å². The van der Waals surface area contributed by atoms with Gasteiger partial charge in [-0.15, -0.1) is 0 Å². The number of carbonyl (C=O) groups is 2. The van der Waals surface area contributed by atoms with Crippen molar-refractivity contribution < 1.29 is 19.1 Å². The summed E-state index contributed by atoms with van der Waals surface area (Å²) in [5.74, 6) is -0.910. The minimum atomic E-state index is -0.628. The number of esters is 2. The van der Waals surface area contributed by atoms with Gasteiger partial charge in [-0.05, 0) is 63.8 Å². The summed E-state index contributed by atoms with van der Waals surface area (Å²) in [6, 6.07) is 8.13. The molecule has 0 atom stereocenters. The molecule has 0 aliphatic rings. The molecular weight excluding hydrogens is 368 g/mol. The smallest absolute Gasteiger partial charge is 0.355 e. The van der Waals surface area contributed by atoms with E-state index in [4.69, 9.17) is 9.47 Å². The quantitative estimate of drug-likeness (QED) is 0.617. The van der Waals surface area contributed by atoms with Crippen molar-refractivity contribution in [2.45, 2.75) is 66.5 Å². The molecule has 0 amide bonds. The number of benzene rings is 1. The SMILES string of the molecule is CCOC(=O)c1c(CNc2ccc(CC)cc2)[nH]c(C(=O)OC(C)(C)C)c1CC. The fourth-order valence-electron chi connectivity index (χ4n) is 3.08. The van der Waals surface area contributed by atoms with Gasteiger partial charge in [0, 0.05) is 11.4 Å². The number of aryl methyl sites for hydroxylation is 1. The van der Waals surface area contributed by atoms with Crippen LogP contribution in [0.4, 0.5) is 5.69 Å². The van der Waals surface area contributed by atoms with Gasteiger partial charge in [0.15, 0.2) is 0 Å². The third kappa shape index (κ3) is 5.86. The highest BCUT2D eigenvalue weighted by Crippen LogP contribution is 2.25. The number of H-pyrrole nitrogens is 1. The fraction of sp³-hybridized carbons (Fsp3) is 0.478. The Hall–Kier alpha value is -2.76. The fourth-order valence-corrected chi connectivity index (χ4v) is 3.08. The van der Waals surface area contributed by atoms with Crippen LogP contribution in [0.1, 0.15) is 79.2 Å². The zero-order valence-corrected chi connectivity index (χ0v) is 18.3. The monoisotopic (exact) mass is 400 g/mol. The number of aromatic nitrogens is 1. The summed E-state index contributed by atoms with van der Waals surface area (Å²) in [4.78, 5) is 28.5. The molecule has 0 saturated heterocycles. The van der Waals surface area contributed by atoms with Gasteiger partial charge in [0.05, 0.1) is 18.7 Å². The van der Waals surface area contributed by atoms with Gasteiger partial charge in [0.2, 0.25) is 0 Å². The van der Waals surface area contributed by atoms with Crippen molar-refractivity contribution in [2.24, 2.45) is 0 Å². The Morgan fingerprint density at radius 1 is 1.00 bits per heavy atom. The standard InChI is InChI=1S/C23H32N2O4/c1-7-15-10-12-16(13-11-15)24-14-18-19(21(26)28-9-3)17(8-2)20(25-18)22(27)29-23(4,5)6/h10-13,24-25H,7-9,14H2,1-6H3. The molecular formula is C23H32N2O4. The van der Waals surface area contributed by atoms with E-state index in [1.165, 1.54) is 5.56 Å². The molecule has 1 aromatic carbocycles. The molecule has 0 radical (unpaired) electrons. The van der Waals surface area contributed by atoms with Crippen LogP contribution in [-0.4, -0.2) is 29.1 Å². The summed E-state index contributed by atoms with van der Waals surface area (Å²) in [5, 5.41) is 3.31. The van der Waals surface area contributed by atoms with Gasteiger partial charge in [0.25, 0.3) is 0 Å². The van der Waals surface area contributed by atoms with Crippen molar-refractivity contribution in [3.8, 4) is 0 Å². The Morgan fingerprint density at radius 3 is 2.17 bits per heavy atom. The molecule has 1 aromatic heterocycles. The van der Waals surface area contributed by atoms with Crippen LogP contribution in [0.2, 0.25) is 0 Å². The van der Waals surface area contributed by atoms with Gasteiger partial charge >= 0.3 is 11.9 Å². The molecule has 2 aromatic rings. The average Bonchev–Trinajstić information content (AvgIpc) is 3.04. The molecule has 0 fully saturated rings. The summed E-state index contributed by atoms with van der Waals surface area (Å²) < 4.78 is 10.8. The molecule has 6 heteroatoms. The largest absolute Gasteiger partial charge is 0.462 e. The summed E-state index contributed by atoms with van der Waals surface area (Å²) >= 11 is 0. The number of carbonyl (C=O) groups excluding carboxylic acids is 2. The summed E-state index contributed by atoms with van der Waals surface area (Å²) in [5.41, 5.74) is 3.51. The minimum Gasteiger partial charge on any atom is -0.462 e. The van der Waals surface area contributed by atoms with Crippen LogP contribution in [0.5, 0.6) is 0 Å². The zero-order valence-electron chi connectivity index (χ0n) is 18.3. The van der Waals surface area contributed by atoms with Crippen molar-refractivity contribution in [3.63, 3.8) is 0 Å². The molecule has 29 heavy (non-hydrogen) atoms. The van der Waals surface area contributed by atoms with Gasteiger partial charge < -0.3 is 19.8 Å². The van der Waals surface area contributed by atoms with Crippen LogP contribution in [0.25, 0.3) is 0 Å². The van der Waals surface area contributed by atoms with Gasteiger partial charge in [-0.1, -0.05) is 26.0 Å². The Bertz CT molecular complexity index is 845. The first-order valence-electron chi connectivity index (χ1n) is 10.2. The molecule has 0 saturated carbocycles. The first-order chi connectivity index (χ1) is 13.7. The van der Waals surface area contributed by atoms with E-state index >= 15 is 0 Å². The lowest BCUT2D eigenvalue weighted by molar-refractivity contribution is 0.00622. The lowest BCUT2D eigenvalue weighted by Crippen LogP contribution is -2.24. The Kier molecular flexibility index (Phi) is 7.48. The van der Waals surface area contributed by atoms with Crippen molar-refractivity contribution >= 4 is 17.6 Å². The van der Waals surface area contributed by atoms with Crippen LogP contribution in [0.3, 0.4) is 0 Å². The molecule has 0 spiro atoms. The molecule has 158 valence electrons. The molecule has 6 nitrogen and oxygen atoms in total. The summed E-state index contributed by atoms with van der Waals surface area (Å²) in [6.07, 6.45) is 1.48. The van der Waals surface area contributed by atoms with Crippen molar-refractivity contribution in [1.29, 1.82) is 0 Å². The number of rotatable bonds is 8. The predicted molar refractivity (Wildman–Crippen MR) is 114 cm³/mol. The molecule has 0 aliphatic carbocycles. The molecule has 0 aliphatic heterocycles. The predicted octanol–water partition coefficient (Wildman–Crippen LogP) is 4.88. The third-order valence-corrected chi connectivity index (χ3v) is 4.45. The highest BCUT2D eigenvalue weighted by atomic mass is 16.6. The van der Waals surface area contributed by atoms with E-state index in [9.17, 15) is 9.59 Å². The Balaban J connectivity index is 2.37. The normalized spacial score (nSPS) is 11.2. The second-order valence-electron chi connectivity index (χ2n) is 7.81.